The third kappa shape index (κ3) is 4.09. The lowest BCUT2D eigenvalue weighted by Gasteiger charge is -2.12. The largest absolute Gasteiger partial charge is 0.493 e. The van der Waals surface area contributed by atoms with Crippen LogP contribution < -0.4 is 20.1 Å². The second-order valence-corrected chi connectivity index (χ2v) is 5.97. The number of halogens is 2. The molecule has 134 valence electrons. The Hall–Kier alpha value is -2.70. The average Bonchev–Trinajstić information content (AvgIpc) is 2.65. The Morgan fingerprint density at radius 2 is 1.73 bits per heavy atom. The van der Waals surface area contributed by atoms with Crippen molar-refractivity contribution in [2.75, 3.05) is 24.9 Å². The Bertz CT molecular complexity index is 921. The first kappa shape index (κ1) is 18.1. The SMILES string of the molecule is COc1ccc(Nc2nccc(Nc3cccc(Cl)c3Cl)n2)cc1OC. The maximum Gasteiger partial charge on any atom is 0.229 e. The zero-order chi connectivity index (χ0) is 18.5. The summed E-state index contributed by atoms with van der Waals surface area (Å²) >= 11 is 12.2. The minimum atomic E-state index is 0.417. The van der Waals surface area contributed by atoms with Crippen molar-refractivity contribution in [2.24, 2.45) is 0 Å². The van der Waals surface area contributed by atoms with Crippen molar-refractivity contribution in [3.63, 3.8) is 0 Å². The predicted octanol–water partition coefficient (Wildman–Crippen LogP) is 5.29. The summed E-state index contributed by atoms with van der Waals surface area (Å²) in [5.74, 6) is 2.25. The van der Waals surface area contributed by atoms with Gasteiger partial charge in [0.15, 0.2) is 11.5 Å². The molecule has 0 bridgehead atoms. The predicted molar refractivity (Wildman–Crippen MR) is 105 cm³/mol. The van der Waals surface area contributed by atoms with Crippen LogP contribution in [0.5, 0.6) is 11.5 Å². The quantitative estimate of drug-likeness (QED) is 0.595. The third-order valence-corrected chi connectivity index (χ3v) is 4.33. The first-order valence-corrected chi connectivity index (χ1v) is 8.39. The average molecular weight is 391 g/mol. The van der Waals surface area contributed by atoms with Crippen molar-refractivity contribution < 1.29 is 9.47 Å². The molecule has 26 heavy (non-hydrogen) atoms. The van der Waals surface area contributed by atoms with Crippen LogP contribution in [0.4, 0.5) is 23.1 Å². The van der Waals surface area contributed by atoms with Gasteiger partial charge in [0, 0.05) is 18.0 Å². The third-order valence-electron chi connectivity index (χ3n) is 3.51. The van der Waals surface area contributed by atoms with Crippen molar-refractivity contribution in [1.82, 2.24) is 9.97 Å². The van der Waals surface area contributed by atoms with Crippen LogP contribution in [0.15, 0.2) is 48.7 Å². The van der Waals surface area contributed by atoms with Gasteiger partial charge in [-0.1, -0.05) is 29.3 Å². The fourth-order valence-corrected chi connectivity index (χ4v) is 2.62. The van der Waals surface area contributed by atoms with Gasteiger partial charge in [0.2, 0.25) is 5.95 Å². The number of hydrogen-bond acceptors (Lipinski definition) is 6. The van der Waals surface area contributed by atoms with Gasteiger partial charge >= 0.3 is 0 Å². The van der Waals surface area contributed by atoms with Crippen LogP contribution in [-0.4, -0.2) is 24.2 Å². The first-order chi connectivity index (χ1) is 12.6. The number of hydrogen-bond donors (Lipinski definition) is 2. The highest BCUT2D eigenvalue weighted by atomic mass is 35.5. The van der Waals surface area contributed by atoms with E-state index in [9.17, 15) is 0 Å². The molecule has 0 aliphatic heterocycles. The normalized spacial score (nSPS) is 10.3. The summed E-state index contributed by atoms with van der Waals surface area (Å²) in [7, 11) is 3.17. The molecule has 3 aromatic rings. The van der Waals surface area contributed by atoms with Crippen LogP contribution in [0, 0.1) is 0 Å². The number of anilines is 4. The molecule has 0 fully saturated rings. The lowest BCUT2D eigenvalue weighted by Crippen LogP contribution is -2.01. The summed E-state index contributed by atoms with van der Waals surface area (Å²) in [5, 5.41) is 7.15. The second kappa shape index (κ2) is 8.12. The molecule has 3 rings (SSSR count). The summed E-state index contributed by atoms with van der Waals surface area (Å²) < 4.78 is 10.5. The molecule has 6 nitrogen and oxygen atoms in total. The van der Waals surface area contributed by atoms with E-state index in [0.717, 1.165) is 5.69 Å². The van der Waals surface area contributed by atoms with E-state index < -0.39 is 0 Å². The summed E-state index contributed by atoms with van der Waals surface area (Å²) in [6.45, 7) is 0. The topological polar surface area (TPSA) is 68.3 Å². The number of rotatable bonds is 6. The molecule has 0 saturated carbocycles. The molecule has 0 unspecified atom stereocenters. The molecule has 2 N–H and O–H groups in total. The lowest BCUT2D eigenvalue weighted by molar-refractivity contribution is 0.355. The highest BCUT2D eigenvalue weighted by molar-refractivity contribution is 6.43. The Labute approximate surface area is 161 Å². The van der Waals surface area contributed by atoms with E-state index in [2.05, 4.69) is 20.6 Å². The molecule has 1 heterocycles. The van der Waals surface area contributed by atoms with E-state index in [1.54, 1.807) is 50.7 Å². The van der Waals surface area contributed by atoms with Gasteiger partial charge in [0.25, 0.3) is 0 Å². The second-order valence-electron chi connectivity index (χ2n) is 5.19. The molecule has 0 saturated heterocycles. The number of benzene rings is 2. The number of aromatic nitrogens is 2. The Balaban J connectivity index is 1.80. The molecular formula is C18H16Cl2N4O2. The number of nitrogens with one attached hydrogen (secondary N) is 2. The first-order valence-electron chi connectivity index (χ1n) is 7.64. The molecule has 0 radical (unpaired) electrons. The van der Waals surface area contributed by atoms with Gasteiger partial charge < -0.3 is 20.1 Å². The van der Waals surface area contributed by atoms with Crippen molar-refractivity contribution in [3.05, 3.63) is 58.7 Å². The molecule has 0 atom stereocenters. The van der Waals surface area contributed by atoms with Crippen LogP contribution in [-0.2, 0) is 0 Å². The molecule has 1 aromatic heterocycles. The zero-order valence-corrected chi connectivity index (χ0v) is 15.6. The van der Waals surface area contributed by atoms with E-state index in [1.807, 2.05) is 12.1 Å². The number of methoxy groups -OCH3 is 2. The maximum atomic E-state index is 6.20. The van der Waals surface area contributed by atoms with Crippen LogP contribution in [0.25, 0.3) is 0 Å². The molecule has 0 amide bonds. The Kier molecular flexibility index (Phi) is 5.65. The van der Waals surface area contributed by atoms with Crippen molar-refractivity contribution >= 4 is 46.3 Å². The molecule has 0 spiro atoms. The zero-order valence-electron chi connectivity index (χ0n) is 14.1. The number of nitrogens with zero attached hydrogens (tertiary/aromatic N) is 2. The lowest BCUT2D eigenvalue weighted by atomic mass is 10.3. The summed E-state index contributed by atoms with van der Waals surface area (Å²) in [6, 6.07) is 12.5. The van der Waals surface area contributed by atoms with E-state index in [-0.39, 0.29) is 0 Å². The highest BCUT2D eigenvalue weighted by Gasteiger charge is 2.08. The van der Waals surface area contributed by atoms with Gasteiger partial charge in [0.1, 0.15) is 5.82 Å². The van der Waals surface area contributed by atoms with Gasteiger partial charge in [0.05, 0.1) is 30.0 Å². The van der Waals surface area contributed by atoms with E-state index >= 15 is 0 Å². The minimum Gasteiger partial charge on any atom is -0.493 e. The van der Waals surface area contributed by atoms with E-state index in [4.69, 9.17) is 32.7 Å². The van der Waals surface area contributed by atoms with Crippen molar-refractivity contribution in [1.29, 1.82) is 0 Å². The van der Waals surface area contributed by atoms with Crippen molar-refractivity contribution in [2.45, 2.75) is 0 Å². The number of ether oxygens (including phenoxy) is 2. The smallest absolute Gasteiger partial charge is 0.229 e. The van der Waals surface area contributed by atoms with Gasteiger partial charge in [-0.2, -0.15) is 4.98 Å². The monoisotopic (exact) mass is 390 g/mol. The standard InChI is InChI=1S/C18H16Cl2N4O2/c1-25-14-7-6-11(10-15(14)26-2)22-18-21-9-8-16(24-18)23-13-5-3-4-12(19)17(13)20/h3-10H,1-2H3,(H2,21,22,23,24). The van der Waals surface area contributed by atoms with Crippen LogP contribution in [0.2, 0.25) is 10.0 Å². The van der Waals surface area contributed by atoms with Crippen molar-refractivity contribution in [3.8, 4) is 11.5 Å². The Morgan fingerprint density at radius 3 is 2.50 bits per heavy atom. The van der Waals surface area contributed by atoms with Gasteiger partial charge in [-0.15, -0.1) is 0 Å². The van der Waals surface area contributed by atoms with Gasteiger partial charge in [-0.05, 0) is 30.3 Å². The summed E-state index contributed by atoms with van der Waals surface area (Å²) in [6.07, 6.45) is 1.64. The molecular weight excluding hydrogens is 375 g/mol. The summed E-state index contributed by atoms with van der Waals surface area (Å²) in [4.78, 5) is 8.65. The molecule has 8 heteroatoms. The summed E-state index contributed by atoms with van der Waals surface area (Å²) in [5.41, 5.74) is 1.43. The minimum absolute atomic E-state index is 0.417. The molecule has 0 aliphatic carbocycles. The Morgan fingerprint density at radius 1 is 0.923 bits per heavy atom. The fraction of sp³-hybridized carbons (Fsp3) is 0.111. The van der Waals surface area contributed by atoms with Crippen LogP contribution >= 0.6 is 23.2 Å². The maximum absolute atomic E-state index is 6.20. The van der Waals surface area contributed by atoms with Crippen LogP contribution in [0.1, 0.15) is 0 Å². The van der Waals surface area contributed by atoms with E-state index in [1.165, 1.54) is 0 Å². The highest BCUT2D eigenvalue weighted by Crippen LogP contribution is 2.32. The molecule has 2 aromatic carbocycles. The van der Waals surface area contributed by atoms with Crippen LogP contribution in [0.3, 0.4) is 0 Å². The van der Waals surface area contributed by atoms with Gasteiger partial charge in [-0.25, -0.2) is 4.98 Å². The molecule has 0 aliphatic rings. The van der Waals surface area contributed by atoms with E-state index in [0.29, 0.717) is 39.0 Å². The fourth-order valence-electron chi connectivity index (χ4n) is 2.27. The van der Waals surface area contributed by atoms with Gasteiger partial charge in [-0.3, -0.25) is 0 Å².